The molecule has 1 aromatic heterocycles. The van der Waals surface area contributed by atoms with E-state index in [1.165, 1.54) is 7.11 Å². The van der Waals surface area contributed by atoms with Crippen LogP contribution in [-0.2, 0) is 29.5 Å². The Balaban J connectivity index is 2.08. The van der Waals surface area contributed by atoms with Gasteiger partial charge in [-0.05, 0) is 29.3 Å². The normalized spacial score (nSPS) is 11.0. The van der Waals surface area contributed by atoms with Crippen molar-refractivity contribution >= 4 is 32.9 Å². The fraction of sp³-hybridized carbons (Fsp3) is 0.222. The molecule has 0 fully saturated rings. The van der Waals surface area contributed by atoms with E-state index in [1.807, 2.05) is 42.5 Å². The van der Waals surface area contributed by atoms with Gasteiger partial charge in [-0.3, -0.25) is 13.9 Å². The molecule has 3 rings (SSSR count). The SMILES string of the molecule is COC(=O)Cc1ccccc1Cn1c(=O)n(C)c2ccc(Br)cc21. The van der Waals surface area contributed by atoms with Crippen LogP contribution >= 0.6 is 15.9 Å². The minimum atomic E-state index is -0.296. The second-order valence-electron chi connectivity index (χ2n) is 5.58. The molecule has 0 saturated carbocycles. The molecule has 124 valence electrons. The number of methoxy groups -OCH3 is 1. The predicted octanol–water partition coefficient (Wildman–Crippen LogP) is 2.87. The number of aryl methyl sites for hydroxylation is 1. The van der Waals surface area contributed by atoms with Crippen LogP contribution in [0.25, 0.3) is 11.0 Å². The van der Waals surface area contributed by atoms with Crippen molar-refractivity contribution in [1.82, 2.24) is 9.13 Å². The minimum absolute atomic E-state index is 0.0871. The lowest BCUT2D eigenvalue weighted by molar-refractivity contribution is -0.139. The third-order valence-corrected chi connectivity index (χ3v) is 4.61. The number of benzene rings is 2. The third-order valence-electron chi connectivity index (χ3n) is 4.12. The second-order valence-corrected chi connectivity index (χ2v) is 6.50. The summed E-state index contributed by atoms with van der Waals surface area (Å²) in [6.07, 6.45) is 0.190. The molecule has 0 spiro atoms. The van der Waals surface area contributed by atoms with E-state index in [2.05, 4.69) is 15.9 Å². The fourth-order valence-electron chi connectivity index (χ4n) is 2.82. The van der Waals surface area contributed by atoms with Crippen LogP contribution in [0.3, 0.4) is 0 Å². The van der Waals surface area contributed by atoms with Gasteiger partial charge in [-0.2, -0.15) is 0 Å². The molecule has 6 heteroatoms. The molecular weight excluding hydrogens is 372 g/mol. The Kier molecular flexibility index (Phi) is 4.57. The summed E-state index contributed by atoms with van der Waals surface area (Å²) >= 11 is 3.46. The number of hydrogen-bond donors (Lipinski definition) is 0. The van der Waals surface area contributed by atoms with E-state index >= 15 is 0 Å². The van der Waals surface area contributed by atoms with Crippen molar-refractivity contribution in [3.8, 4) is 0 Å². The third kappa shape index (κ3) is 3.01. The van der Waals surface area contributed by atoms with Crippen molar-refractivity contribution in [2.24, 2.45) is 7.05 Å². The van der Waals surface area contributed by atoms with Crippen LogP contribution in [-0.4, -0.2) is 22.2 Å². The first kappa shape index (κ1) is 16.5. The van der Waals surface area contributed by atoms with E-state index in [0.717, 1.165) is 26.6 Å². The number of hydrogen-bond acceptors (Lipinski definition) is 3. The van der Waals surface area contributed by atoms with Gasteiger partial charge in [-0.15, -0.1) is 0 Å². The lowest BCUT2D eigenvalue weighted by Crippen LogP contribution is -2.23. The van der Waals surface area contributed by atoms with E-state index in [4.69, 9.17) is 4.74 Å². The lowest BCUT2D eigenvalue weighted by atomic mass is 10.0. The maximum absolute atomic E-state index is 12.6. The Morgan fingerprint density at radius 2 is 1.83 bits per heavy atom. The molecular formula is C18H17BrN2O3. The number of aromatic nitrogens is 2. The summed E-state index contributed by atoms with van der Waals surface area (Å²) in [4.78, 5) is 24.2. The molecule has 0 N–H and O–H groups in total. The highest BCUT2D eigenvalue weighted by Crippen LogP contribution is 2.20. The largest absolute Gasteiger partial charge is 0.469 e. The highest BCUT2D eigenvalue weighted by Gasteiger charge is 2.14. The average Bonchev–Trinajstić information content (AvgIpc) is 2.81. The molecule has 0 aliphatic rings. The maximum Gasteiger partial charge on any atom is 0.329 e. The Bertz CT molecular complexity index is 972. The summed E-state index contributed by atoms with van der Waals surface area (Å²) < 4.78 is 9.02. The first-order chi connectivity index (χ1) is 11.5. The molecule has 0 saturated heterocycles. The van der Waals surface area contributed by atoms with Crippen LogP contribution in [0, 0.1) is 0 Å². The van der Waals surface area contributed by atoms with E-state index in [-0.39, 0.29) is 18.1 Å². The summed E-state index contributed by atoms with van der Waals surface area (Å²) in [6, 6.07) is 13.4. The monoisotopic (exact) mass is 388 g/mol. The first-order valence-corrected chi connectivity index (χ1v) is 8.29. The zero-order valence-electron chi connectivity index (χ0n) is 13.5. The number of fused-ring (bicyclic) bond motifs is 1. The number of carbonyl (C=O) groups excluding carboxylic acids is 1. The number of imidazole rings is 1. The van der Waals surface area contributed by atoms with Crippen molar-refractivity contribution in [2.45, 2.75) is 13.0 Å². The maximum atomic E-state index is 12.6. The molecule has 0 amide bonds. The molecule has 3 aromatic rings. The summed E-state index contributed by atoms with van der Waals surface area (Å²) in [5.41, 5.74) is 3.43. The van der Waals surface area contributed by atoms with Crippen LogP contribution in [0.2, 0.25) is 0 Å². The predicted molar refractivity (Wildman–Crippen MR) is 96.1 cm³/mol. The molecule has 2 aromatic carbocycles. The molecule has 0 atom stereocenters. The van der Waals surface area contributed by atoms with Gasteiger partial charge in [0.05, 0.1) is 31.1 Å². The van der Waals surface area contributed by atoms with Crippen molar-refractivity contribution in [1.29, 1.82) is 0 Å². The highest BCUT2D eigenvalue weighted by molar-refractivity contribution is 9.10. The van der Waals surface area contributed by atoms with Crippen molar-refractivity contribution in [2.75, 3.05) is 7.11 Å². The fourth-order valence-corrected chi connectivity index (χ4v) is 3.17. The summed E-state index contributed by atoms with van der Waals surface area (Å²) in [7, 11) is 3.13. The lowest BCUT2D eigenvalue weighted by Gasteiger charge is -2.10. The molecule has 1 heterocycles. The Labute approximate surface area is 147 Å². The smallest absolute Gasteiger partial charge is 0.329 e. The van der Waals surface area contributed by atoms with Gasteiger partial charge in [0.2, 0.25) is 0 Å². The topological polar surface area (TPSA) is 53.2 Å². The summed E-state index contributed by atoms with van der Waals surface area (Å²) in [6.45, 7) is 0.403. The number of rotatable bonds is 4. The molecule has 24 heavy (non-hydrogen) atoms. The average molecular weight is 389 g/mol. The molecule has 0 radical (unpaired) electrons. The number of ether oxygens (including phenoxy) is 1. The van der Waals surface area contributed by atoms with E-state index in [0.29, 0.717) is 6.54 Å². The minimum Gasteiger partial charge on any atom is -0.469 e. The number of esters is 1. The molecule has 0 aliphatic carbocycles. The quantitative estimate of drug-likeness (QED) is 0.645. The van der Waals surface area contributed by atoms with Crippen molar-refractivity contribution in [3.63, 3.8) is 0 Å². The summed E-state index contributed by atoms with van der Waals surface area (Å²) in [5, 5.41) is 0. The van der Waals surface area contributed by atoms with Gasteiger partial charge in [0.15, 0.2) is 0 Å². The summed E-state index contributed by atoms with van der Waals surface area (Å²) in [5.74, 6) is -0.296. The molecule has 0 aliphatic heterocycles. The van der Waals surface area contributed by atoms with E-state index in [1.54, 1.807) is 16.2 Å². The van der Waals surface area contributed by atoms with Gasteiger partial charge in [-0.25, -0.2) is 4.79 Å². The molecule has 0 bridgehead atoms. The van der Waals surface area contributed by atoms with Gasteiger partial charge in [0.1, 0.15) is 0 Å². The van der Waals surface area contributed by atoms with Crippen LogP contribution in [0.15, 0.2) is 51.7 Å². The Hall–Kier alpha value is -2.34. The van der Waals surface area contributed by atoms with Crippen molar-refractivity contribution < 1.29 is 9.53 Å². The first-order valence-electron chi connectivity index (χ1n) is 7.49. The number of carbonyl (C=O) groups is 1. The highest BCUT2D eigenvalue weighted by atomic mass is 79.9. The van der Waals surface area contributed by atoms with Crippen LogP contribution in [0.4, 0.5) is 0 Å². The zero-order valence-corrected chi connectivity index (χ0v) is 15.0. The van der Waals surface area contributed by atoms with Gasteiger partial charge in [0.25, 0.3) is 0 Å². The van der Waals surface area contributed by atoms with E-state index in [9.17, 15) is 9.59 Å². The van der Waals surface area contributed by atoms with Crippen LogP contribution in [0.1, 0.15) is 11.1 Å². The van der Waals surface area contributed by atoms with Crippen molar-refractivity contribution in [3.05, 3.63) is 68.5 Å². The number of nitrogens with zero attached hydrogens (tertiary/aromatic N) is 2. The van der Waals surface area contributed by atoms with Crippen LogP contribution in [0.5, 0.6) is 0 Å². The van der Waals surface area contributed by atoms with Crippen LogP contribution < -0.4 is 5.69 Å². The van der Waals surface area contributed by atoms with Gasteiger partial charge in [-0.1, -0.05) is 40.2 Å². The van der Waals surface area contributed by atoms with Gasteiger partial charge in [0, 0.05) is 11.5 Å². The second kappa shape index (κ2) is 6.65. The Morgan fingerprint density at radius 1 is 1.12 bits per heavy atom. The zero-order chi connectivity index (χ0) is 17.3. The molecule has 5 nitrogen and oxygen atoms in total. The van der Waals surface area contributed by atoms with E-state index < -0.39 is 0 Å². The van der Waals surface area contributed by atoms with Gasteiger partial charge >= 0.3 is 11.7 Å². The number of halogens is 1. The Morgan fingerprint density at radius 3 is 2.54 bits per heavy atom. The van der Waals surface area contributed by atoms with Gasteiger partial charge < -0.3 is 4.74 Å². The molecule has 0 unspecified atom stereocenters. The standard InChI is InChI=1S/C18H17BrN2O3/c1-20-15-8-7-14(19)10-16(15)21(18(20)23)11-13-6-4-3-5-12(13)9-17(22)24-2/h3-8,10H,9,11H2,1-2H3.